The van der Waals surface area contributed by atoms with Crippen molar-refractivity contribution in [3.8, 4) is 0 Å². The molecule has 9 heteroatoms. The highest BCUT2D eigenvalue weighted by Crippen LogP contribution is 2.28. The largest absolute Gasteiger partial charge is 0.435 e. The average molecular weight is 287 g/mol. The van der Waals surface area contributed by atoms with Crippen molar-refractivity contribution < 1.29 is 18.0 Å². The Hall–Kier alpha value is -2.32. The summed E-state index contributed by atoms with van der Waals surface area (Å²) in [6, 6.07) is 0.709. The van der Waals surface area contributed by atoms with Crippen molar-refractivity contribution in [1.29, 1.82) is 0 Å². The molecular formula is C11H12F3N5O. The summed E-state index contributed by atoms with van der Waals surface area (Å²) in [6.07, 6.45) is -3.16. The first-order valence-electron chi connectivity index (χ1n) is 5.61. The number of rotatable bonds is 2. The number of carbonyl (C=O) groups is 1. The highest BCUT2D eigenvalue weighted by Gasteiger charge is 2.35. The molecule has 2 rings (SSSR count). The van der Waals surface area contributed by atoms with Crippen molar-refractivity contribution >= 4 is 11.6 Å². The maximum absolute atomic E-state index is 12.5. The van der Waals surface area contributed by atoms with Gasteiger partial charge in [-0.3, -0.25) is 14.2 Å². The maximum Gasteiger partial charge on any atom is 0.435 e. The molecule has 0 aromatic carbocycles. The summed E-state index contributed by atoms with van der Waals surface area (Å²) in [5, 5.41) is 9.71. The number of anilines is 1. The summed E-state index contributed by atoms with van der Waals surface area (Å²) in [7, 11) is 2.97. The summed E-state index contributed by atoms with van der Waals surface area (Å²) in [5.41, 5.74) is -0.155. The van der Waals surface area contributed by atoms with Gasteiger partial charge in [0.1, 0.15) is 5.69 Å². The van der Waals surface area contributed by atoms with Gasteiger partial charge in [-0.05, 0) is 6.92 Å². The fourth-order valence-electron chi connectivity index (χ4n) is 1.63. The molecule has 20 heavy (non-hydrogen) atoms. The predicted molar refractivity (Wildman–Crippen MR) is 64.1 cm³/mol. The van der Waals surface area contributed by atoms with Crippen LogP contribution in [0.15, 0.2) is 12.3 Å². The summed E-state index contributed by atoms with van der Waals surface area (Å²) >= 11 is 0. The number of amides is 1. The molecule has 0 spiro atoms. The van der Waals surface area contributed by atoms with Crippen LogP contribution in [0.5, 0.6) is 0 Å². The molecule has 2 aromatic heterocycles. The Labute approximate surface area is 112 Å². The van der Waals surface area contributed by atoms with Crippen molar-refractivity contribution in [2.24, 2.45) is 14.1 Å². The lowest BCUT2D eigenvalue weighted by Crippen LogP contribution is -2.16. The number of nitrogens with zero attached hydrogens (tertiary/aromatic N) is 4. The Morgan fingerprint density at radius 3 is 2.40 bits per heavy atom. The van der Waals surface area contributed by atoms with E-state index in [0.29, 0.717) is 17.4 Å². The lowest BCUT2D eigenvalue weighted by molar-refractivity contribution is -0.141. The van der Waals surface area contributed by atoms with E-state index in [1.54, 1.807) is 18.7 Å². The first-order valence-corrected chi connectivity index (χ1v) is 5.61. The first kappa shape index (κ1) is 14.1. The third kappa shape index (κ3) is 2.51. The highest BCUT2D eigenvalue weighted by atomic mass is 19.4. The minimum absolute atomic E-state index is 0.180. The molecule has 0 radical (unpaired) electrons. The minimum atomic E-state index is -4.58. The second-order valence-corrected chi connectivity index (χ2v) is 4.26. The SMILES string of the molecule is Cc1c(NC(=O)c2cc(C(F)(F)F)nn2C)cnn1C. The Morgan fingerprint density at radius 1 is 1.30 bits per heavy atom. The number of nitrogens with one attached hydrogen (secondary N) is 1. The van der Waals surface area contributed by atoms with Gasteiger partial charge in [0.05, 0.1) is 17.6 Å². The third-order valence-corrected chi connectivity index (χ3v) is 2.89. The normalized spacial score (nSPS) is 11.7. The van der Waals surface area contributed by atoms with Gasteiger partial charge in [0.25, 0.3) is 5.91 Å². The van der Waals surface area contributed by atoms with E-state index in [0.717, 1.165) is 4.68 Å². The molecule has 0 aliphatic rings. The lowest BCUT2D eigenvalue weighted by Gasteiger charge is -2.04. The van der Waals surface area contributed by atoms with E-state index in [1.165, 1.54) is 13.2 Å². The maximum atomic E-state index is 12.5. The van der Waals surface area contributed by atoms with Gasteiger partial charge >= 0.3 is 6.18 Å². The van der Waals surface area contributed by atoms with Crippen molar-refractivity contribution in [1.82, 2.24) is 19.6 Å². The molecular weight excluding hydrogens is 275 g/mol. The van der Waals surface area contributed by atoms with E-state index < -0.39 is 17.8 Å². The zero-order valence-electron chi connectivity index (χ0n) is 11.0. The second-order valence-electron chi connectivity index (χ2n) is 4.26. The zero-order valence-corrected chi connectivity index (χ0v) is 11.0. The number of aryl methyl sites for hydroxylation is 2. The number of halogens is 3. The van der Waals surface area contributed by atoms with Crippen LogP contribution in [0.25, 0.3) is 0 Å². The Bertz CT molecular complexity index is 656. The number of carbonyl (C=O) groups excluding carboxylic acids is 1. The van der Waals surface area contributed by atoms with Gasteiger partial charge in [0.2, 0.25) is 0 Å². The fraction of sp³-hybridized carbons (Fsp3) is 0.364. The van der Waals surface area contributed by atoms with Crippen LogP contribution in [0.2, 0.25) is 0 Å². The molecule has 0 bridgehead atoms. The van der Waals surface area contributed by atoms with Gasteiger partial charge in [0, 0.05) is 20.2 Å². The molecule has 2 aromatic rings. The molecule has 108 valence electrons. The summed E-state index contributed by atoms with van der Waals surface area (Å²) < 4.78 is 40.0. The highest BCUT2D eigenvalue weighted by molar-refractivity contribution is 6.03. The quantitative estimate of drug-likeness (QED) is 0.915. The van der Waals surface area contributed by atoms with E-state index in [4.69, 9.17) is 0 Å². The van der Waals surface area contributed by atoms with Crippen LogP contribution >= 0.6 is 0 Å². The van der Waals surface area contributed by atoms with E-state index in [9.17, 15) is 18.0 Å². The summed E-state index contributed by atoms with van der Waals surface area (Å²) in [5.74, 6) is -0.674. The van der Waals surface area contributed by atoms with Gasteiger partial charge in [-0.2, -0.15) is 23.4 Å². The number of alkyl halides is 3. The molecule has 0 aliphatic carbocycles. The molecule has 0 saturated heterocycles. The molecule has 0 aliphatic heterocycles. The Morgan fingerprint density at radius 2 is 1.95 bits per heavy atom. The monoisotopic (exact) mass is 287 g/mol. The van der Waals surface area contributed by atoms with Crippen molar-refractivity contribution in [3.05, 3.63) is 29.3 Å². The lowest BCUT2D eigenvalue weighted by atomic mass is 10.3. The predicted octanol–water partition coefficient (Wildman–Crippen LogP) is 1.73. The third-order valence-electron chi connectivity index (χ3n) is 2.89. The topological polar surface area (TPSA) is 64.7 Å². The molecule has 0 saturated carbocycles. The Balaban J connectivity index is 2.26. The van der Waals surface area contributed by atoms with Gasteiger partial charge in [-0.1, -0.05) is 0 Å². The van der Waals surface area contributed by atoms with Gasteiger partial charge in [-0.25, -0.2) is 0 Å². The molecule has 2 heterocycles. The first-order chi connectivity index (χ1) is 9.20. The van der Waals surface area contributed by atoms with Crippen LogP contribution in [0.4, 0.5) is 18.9 Å². The standard InChI is InChI=1S/C11H12F3N5O/c1-6-7(5-15-18(6)2)16-10(20)8-4-9(11(12,13)14)17-19(8)3/h4-5H,1-3H3,(H,16,20). The van der Waals surface area contributed by atoms with Crippen LogP contribution in [0.1, 0.15) is 21.9 Å². The van der Waals surface area contributed by atoms with Gasteiger partial charge in [0.15, 0.2) is 5.69 Å². The van der Waals surface area contributed by atoms with Crippen LogP contribution in [-0.4, -0.2) is 25.5 Å². The number of hydrogen-bond donors (Lipinski definition) is 1. The Kier molecular flexibility index (Phi) is 3.28. The smallest absolute Gasteiger partial charge is 0.318 e. The van der Waals surface area contributed by atoms with Crippen LogP contribution < -0.4 is 5.32 Å². The molecule has 1 N–H and O–H groups in total. The van der Waals surface area contributed by atoms with Crippen molar-refractivity contribution in [3.63, 3.8) is 0 Å². The molecule has 1 amide bonds. The number of aromatic nitrogens is 4. The number of hydrogen-bond acceptors (Lipinski definition) is 3. The van der Waals surface area contributed by atoms with Crippen LogP contribution in [-0.2, 0) is 20.3 Å². The second kappa shape index (κ2) is 4.66. The van der Waals surface area contributed by atoms with Crippen molar-refractivity contribution in [2.75, 3.05) is 5.32 Å². The van der Waals surface area contributed by atoms with E-state index in [-0.39, 0.29) is 5.69 Å². The van der Waals surface area contributed by atoms with E-state index in [2.05, 4.69) is 15.5 Å². The average Bonchev–Trinajstić information content (AvgIpc) is 2.86. The van der Waals surface area contributed by atoms with Crippen molar-refractivity contribution in [2.45, 2.75) is 13.1 Å². The molecule has 0 unspecified atom stereocenters. The van der Waals surface area contributed by atoms with E-state index >= 15 is 0 Å². The molecule has 0 fully saturated rings. The van der Waals surface area contributed by atoms with Crippen LogP contribution in [0, 0.1) is 6.92 Å². The van der Waals surface area contributed by atoms with E-state index in [1.807, 2.05) is 0 Å². The van der Waals surface area contributed by atoms with Gasteiger partial charge < -0.3 is 5.32 Å². The fourth-order valence-corrected chi connectivity index (χ4v) is 1.63. The molecule has 0 atom stereocenters. The summed E-state index contributed by atoms with van der Waals surface area (Å²) in [4.78, 5) is 12.0. The summed E-state index contributed by atoms with van der Waals surface area (Å²) in [6.45, 7) is 1.73. The minimum Gasteiger partial charge on any atom is -0.318 e. The molecule has 6 nitrogen and oxygen atoms in total. The zero-order chi connectivity index (χ0) is 15.1. The van der Waals surface area contributed by atoms with Crippen LogP contribution in [0.3, 0.4) is 0 Å². The van der Waals surface area contributed by atoms with Gasteiger partial charge in [-0.15, -0.1) is 0 Å².